The van der Waals surface area contributed by atoms with Crippen molar-refractivity contribution in [2.24, 2.45) is 15.9 Å². The van der Waals surface area contributed by atoms with Crippen molar-refractivity contribution in [3.63, 3.8) is 0 Å². The number of hydrogen-bond acceptors (Lipinski definition) is 4. The lowest BCUT2D eigenvalue weighted by Gasteiger charge is -2.09. The van der Waals surface area contributed by atoms with Crippen molar-refractivity contribution in [1.29, 1.82) is 0 Å². The zero-order valence-corrected chi connectivity index (χ0v) is 16.1. The highest BCUT2D eigenvalue weighted by molar-refractivity contribution is 8.13. The van der Waals surface area contributed by atoms with Gasteiger partial charge in [0.1, 0.15) is 0 Å². The average Bonchev–Trinajstić information content (AvgIpc) is 2.65. The Morgan fingerprint density at radius 2 is 2.04 bits per heavy atom. The van der Waals surface area contributed by atoms with Gasteiger partial charge in [-0.3, -0.25) is 0 Å². The summed E-state index contributed by atoms with van der Waals surface area (Å²) in [5.74, 6) is 0.282. The first-order valence-corrected chi connectivity index (χ1v) is 9.62. The maximum absolute atomic E-state index is 14.5. The van der Waals surface area contributed by atoms with Gasteiger partial charge < -0.3 is 10.5 Å². The molecule has 0 saturated carbocycles. The van der Waals surface area contributed by atoms with Gasteiger partial charge in [-0.1, -0.05) is 67.0 Å². The zero-order valence-electron chi connectivity index (χ0n) is 14.5. The Hall–Kier alpha value is -2.05. The minimum Gasteiger partial charge on any atom is -0.490 e. The number of hydrogen-bond donors (Lipinski definition) is 1. The minimum absolute atomic E-state index is 0.130. The summed E-state index contributed by atoms with van der Waals surface area (Å²) in [6, 6.07) is 13.0. The molecule has 0 heterocycles. The average molecular weight is 394 g/mol. The first kappa shape index (κ1) is 20.3. The molecule has 0 radical (unpaired) electrons. The van der Waals surface area contributed by atoms with E-state index in [1.54, 1.807) is 6.07 Å². The Kier molecular flexibility index (Phi) is 8.44. The maximum Gasteiger partial charge on any atom is 0.180 e. The van der Waals surface area contributed by atoms with Crippen LogP contribution in [-0.4, -0.2) is 18.0 Å². The van der Waals surface area contributed by atoms with E-state index in [-0.39, 0.29) is 21.5 Å². The van der Waals surface area contributed by atoms with E-state index >= 15 is 0 Å². The molecule has 2 N–H and O–H groups in total. The molecule has 2 rings (SSSR count). The molecule has 7 heteroatoms. The summed E-state index contributed by atoms with van der Waals surface area (Å²) < 4.78 is 19.9. The number of amidine groups is 1. The van der Waals surface area contributed by atoms with Crippen molar-refractivity contribution >= 4 is 34.7 Å². The normalized spacial score (nSPS) is 11.9. The summed E-state index contributed by atoms with van der Waals surface area (Å²) in [6.07, 6.45) is 3.07. The summed E-state index contributed by atoms with van der Waals surface area (Å²) in [6.45, 7) is 2.49. The minimum atomic E-state index is -0.553. The maximum atomic E-state index is 14.5. The summed E-state index contributed by atoms with van der Waals surface area (Å²) in [5, 5.41) is 8.26. The molecule has 0 fully saturated rings. The molecule has 2 aromatic rings. The van der Waals surface area contributed by atoms with Crippen LogP contribution in [0.3, 0.4) is 0 Å². The van der Waals surface area contributed by atoms with Crippen LogP contribution in [0.2, 0.25) is 5.02 Å². The molecule has 0 saturated heterocycles. The number of nitrogens with two attached hydrogens (primary N) is 1. The summed E-state index contributed by atoms with van der Waals surface area (Å²) in [4.78, 5) is 0. The van der Waals surface area contributed by atoms with E-state index in [2.05, 4.69) is 10.2 Å². The molecule has 2 aromatic carbocycles. The summed E-state index contributed by atoms with van der Waals surface area (Å²) in [7, 11) is 0. The predicted molar refractivity (Wildman–Crippen MR) is 109 cm³/mol. The molecule has 0 unspecified atom stereocenters. The molecule has 0 spiro atoms. The van der Waals surface area contributed by atoms with Crippen LogP contribution in [0.25, 0.3) is 0 Å². The van der Waals surface area contributed by atoms with Gasteiger partial charge in [-0.2, -0.15) is 5.10 Å². The molecule has 0 aromatic heterocycles. The zero-order chi connectivity index (χ0) is 18.8. The molecular formula is C19H21ClFN3OS. The SMILES string of the molecule is CCCCOc1ccc(Cl)c(C=NN=C(N)SCc2ccccc2)c1F. The van der Waals surface area contributed by atoms with Gasteiger partial charge in [0.05, 0.1) is 23.4 Å². The van der Waals surface area contributed by atoms with E-state index in [1.807, 2.05) is 37.3 Å². The predicted octanol–water partition coefficient (Wildman–Crippen LogP) is 5.24. The largest absolute Gasteiger partial charge is 0.490 e. The molecule has 0 aliphatic heterocycles. The van der Waals surface area contributed by atoms with Gasteiger partial charge in [0.25, 0.3) is 0 Å². The quantitative estimate of drug-likeness (QED) is 0.289. The number of unbranched alkanes of at least 4 members (excludes halogenated alkanes) is 1. The van der Waals surface area contributed by atoms with Crippen molar-refractivity contribution in [1.82, 2.24) is 0 Å². The highest BCUT2D eigenvalue weighted by atomic mass is 35.5. The van der Waals surface area contributed by atoms with Crippen LogP contribution < -0.4 is 10.5 Å². The van der Waals surface area contributed by atoms with Crippen molar-refractivity contribution in [2.45, 2.75) is 25.5 Å². The molecular weight excluding hydrogens is 373 g/mol. The molecule has 0 amide bonds. The second kappa shape index (κ2) is 10.8. The Morgan fingerprint density at radius 3 is 2.77 bits per heavy atom. The van der Waals surface area contributed by atoms with Crippen molar-refractivity contribution in [2.75, 3.05) is 6.61 Å². The van der Waals surface area contributed by atoms with Crippen molar-refractivity contribution in [3.8, 4) is 5.75 Å². The number of halogens is 2. The van der Waals surface area contributed by atoms with E-state index in [0.717, 1.165) is 18.4 Å². The smallest absolute Gasteiger partial charge is 0.180 e. The Bertz CT molecular complexity index is 769. The fourth-order valence-electron chi connectivity index (χ4n) is 2.01. The van der Waals surface area contributed by atoms with E-state index in [4.69, 9.17) is 22.1 Å². The van der Waals surface area contributed by atoms with Gasteiger partial charge >= 0.3 is 0 Å². The second-order valence-electron chi connectivity index (χ2n) is 5.43. The number of nitrogens with zero attached hydrogens (tertiary/aromatic N) is 2. The fraction of sp³-hybridized carbons (Fsp3) is 0.263. The molecule has 0 aliphatic rings. The number of ether oxygens (including phenoxy) is 1. The Balaban J connectivity index is 2.00. The van der Waals surface area contributed by atoms with Gasteiger partial charge in [-0.05, 0) is 24.1 Å². The third-order valence-corrected chi connectivity index (χ3v) is 4.60. The van der Waals surface area contributed by atoms with Crippen LogP contribution in [-0.2, 0) is 5.75 Å². The van der Waals surface area contributed by atoms with Crippen LogP contribution in [0.15, 0.2) is 52.7 Å². The van der Waals surface area contributed by atoms with Crippen molar-refractivity contribution in [3.05, 3.63) is 64.4 Å². The first-order valence-electron chi connectivity index (χ1n) is 8.25. The molecule has 26 heavy (non-hydrogen) atoms. The number of thioether (sulfide) groups is 1. The highest BCUT2D eigenvalue weighted by Crippen LogP contribution is 2.26. The second-order valence-corrected chi connectivity index (χ2v) is 6.84. The Labute approximate surface area is 162 Å². The van der Waals surface area contributed by atoms with Crippen molar-refractivity contribution < 1.29 is 9.13 Å². The van der Waals surface area contributed by atoms with Crippen LogP contribution in [0.4, 0.5) is 4.39 Å². The van der Waals surface area contributed by atoms with Gasteiger partial charge in [0.15, 0.2) is 16.7 Å². The summed E-state index contributed by atoms with van der Waals surface area (Å²) in [5.41, 5.74) is 7.08. The molecule has 138 valence electrons. The van der Waals surface area contributed by atoms with Crippen LogP contribution >= 0.6 is 23.4 Å². The van der Waals surface area contributed by atoms with E-state index in [9.17, 15) is 4.39 Å². The topological polar surface area (TPSA) is 60.0 Å². The van der Waals surface area contributed by atoms with Gasteiger partial charge in [0, 0.05) is 5.75 Å². The van der Waals surface area contributed by atoms with E-state index in [0.29, 0.717) is 12.4 Å². The Morgan fingerprint density at radius 1 is 1.27 bits per heavy atom. The molecule has 0 aliphatic carbocycles. The van der Waals surface area contributed by atoms with Crippen LogP contribution in [0.5, 0.6) is 5.75 Å². The molecule has 0 bridgehead atoms. The third kappa shape index (κ3) is 6.35. The number of benzene rings is 2. The highest BCUT2D eigenvalue weighted by Gasteiger charge is 2.12. The first-order chi connectivity index (χ1) is 12.6. The summed E-state index contributed by atoms with van der Waals surface area (Å²) >= 11 is 7.40. The fourth-order valence-corrected chi connectivity index (χ4v) is 2.82. The standard InChI is InChI=1S/C19H21ClFN3OS/c1-2-3-11-25-17-10-9-16(20)15(18(17)21)12-23-24-19(22)26-13-14-7-5-4-6-8-14/h4-10,12H,2-3,11,13H2,1H3,(H2,22,24). The monoisotopic (exact) mass is 393 g/mol. The third-order valence-electron chi connectivity index (χ3n) is 3.42. The molecule has 0 atom stereocenters. The lowest BCUT2D eigenvalue weighted by atomic mass is 10.2. The molecule has 4 nitrogen and oxygen atoms in total. The lowest BCUT2D eigenvalue weighted by molar-refractivity contribution is 0.294. The van der Waals surface area contributed by atoms with Gasteiger partial charge in [-0.25, -0.2) is 4.39 Å². The van der Waals surface area contributed by atoms with E-state index in [1.165, 1.54) is 24.0 Å². The van der Waals surface area contributed by atoms with Gasteiger partial charge in [0.2, 0.25) is 0 Å². The van der Waals surface area contributed by atoms with E-state index < -0.39 is 5.82 Å². The number of rotatable bonds is 8. The van der Waals surface area contributed by atoms with Crippen LogP contribution in [0, 0.1) is 5.82 Å². The lowest BCUT2D eigenvalue weighted by Crippen LogP contribution is -2.06. The van der Waals surface area contributed by atoms with Crippen LogP contribution in [0.1, 0.15) is 30.9 Å². The van der Waals surface area contributed by atoms with Gasteiger partial charge in [-0.15, -0.1) is 5.10 Å².